The van der Waals surface area contributed by atoms with E-state index in [1.807, 2.05) is 0 Å². The van der Waals surface area contributed by atoms with Crippen LogP contribution < -0.4 is 0 Å². The molecule has 0 N–H and O–H groups in total. The summed E-state index contributed by atoms with van der Waals surface area (Å²) in [5, 5.41) is 0. The quantitative estimate of drug-likeness (QED) is 0.265. The van der Waals surface area contributed by atoms with E-state index in [1.165, 1.54) is 77.0 Å². The summed E-state index contributed by atoms with van der Waals surface area (Å²) in [6.07, 6.45) is 31.8. The summed E-state index contributed by atoms with van der Waals surface area (Å²) in [5.74, 6) is 4.39. The van der Waals surface area contributed by atoms with Gasteiger partial charge in [-0.05, 0) is 49.4 Å². The second kappa shape index (κ2) is 14.9. The van der Waals surface area contributed by atoms with E-state index in [9.17, 15) is 0 Å². The Morgan fingerprint density at radius 1 is 0.407 bits per heavy atom. The van der Waals surface area contributed by atoms with Crippen molar-refractivity contribution in [1.29, 1.82) is 0 Å². The molecule has 2 fully saturated rings. The maximum atomic E-state index is 2.34. The van der Waals surface area contributed by atoms with Crippen molar-refractivity contribution >= 4 is 0 Å². The molecule has 0 saturated heterocycles. The zero-order chi connectivity index (χ0) is 19.2. The number of unbranched alkanes of at least 4 members (excludes halogenated alkanes) is 9. The van der Waals surface area contributed by atoms with Gasteiger partial charge in [0.25, 0.3) is 0 Å². The Hall–Kier alpha value is 0. The Morgan fingerprint density at radius 3 is 1.19 bits per heavy atom. The van der Waals surface area contributed by atoms with Gasteiger partial charge in [-0.2, -0.15) is 0 Å². The first-order valence-electron chi connectivity index (χ1n) is 13.3. The van der Waals surface area contributed by atoms with Crippen LogP contribution in [0.25, 0.3) is 0 Å². The monoisotopic (exact) mass is 376 g/mol. The van der Waals surface area contributed by atoms with Gasteiger partial charge in [0.05, 0.1) is 0 Å². The van der Waals surface area contributed by atoms with Crippen LogP contribution in [-0.2, 0) is 0 Å². The molecule has 0 radical (unpaired) electrons. The molecule has 0 atom stereocenters. The predicted octanol–water partition coefficient (Wildman–Crippen LogP) is 9.71. The van der Waals surface area contributed by atoms with Crippen LogP contribution in [0.15, 0.2) is 0 Å². The molecule has 0 aromatic rings. The lowest BCUT2D eigenvalue weighted by Crippen LogP contribution is -2.25. The van der Waals surface area contributed by atoms with Crippen LogP contribution in [0.4, 0.5) is 0 Å². The average molecular weight is 377 g/mol. The van der Waals surface area contributed by atoms with Crippen molar-refractivity contribution in [1.82, 2.24) is 0 Å². The third-order valence-electron chi connectivity index (χ3n) is 8.13. The minimum Gasteiger partial charge on any atom is -0.0654 e. The Labute approximate surface area is 172 Å². The van der Waals surface area contributed by atoms with Gasteiger partial charge in [-0.25, -0.2) is 0 Å². The van der Waals surface area contributed by atoms with Gasteiger partial charge in [0.15, 0.2) is 0 Å². The third kappa shape index (κ3) is 9.85. The van der Waals surface area contributed by atoms with Crippen LogP contribution in [-0.4, -0.2) is 0 Å². The summed E-state index contributed by atoms with van der Waals surface area (Å²) in [7, 11) is 0. The second-order valence-electron chi connectivity index (χ2n) is 10.3. The lowest BCUT2D eigenvalue weighted by molar-refractivity contribution is 0.139. The second-order valence-corrected chi connectivity index (χ2v) is 10.3. The fourth-order valence-corrected chi connectivity index (χ4v) is 6.15. The molecule has 2 saturated carbocycles. The van der Waals surface area contributed by atoms with Gasteiger partial charge in [0.1, 0.15) is 0 Å². The standard InChI is InChI=1S/C27H52/c1-3-5-7-8-9-10-11-13-15-25-18-22-27(23-19-25)26-20-16-24(17-21-26)14-12-6-4-2/h24-27H,3-23H2,1-2H3/t24-,25-,26-,27-. The maximum absolute atomic E-state index is 2.34. The first-order valence-corrected chi connectivity index (χ1v) is 13.3. The van der Waals surface area contributed by atoms with Crippen LogP contribution >= 0.6 is 0 Å². The van der Waals surface area contributed by atoms with E-state index in [2.05, 4.69) is 13.8 Å². The van der Waals surface area contributed by atoms with Gasteiger partial charge in [0, 0.05) is 0 Å². The fraction of sp³-hybridized carbons (Fsp3) is 1.00. The fourth-order valence-electron chi connectivity index (χ4n) is 6.15. The number of hydrogen-bond acceptors (Lipinski definition) is 0. The van der Waals surface area contributed by atoms with Crippen molar-refractivity contribution < 1.29 is 0 Å². The van der Waals surface area contributed by atoms with Crippen molar-refractivity contribution in [3.8, 4) is 0 Å². The van der Waals surface area contributed by atoms with Gasteiger partial charge in [-0.1, -0.05) is 123 Å². The van der Waals surface area contributed by atoms with Gasteiger partial charge in [-0.3, -0.25) is 0 Å². The Balaban J connectivity index is 1.46. The Morgan fingerprint density at radius 2 is 0.741 bits per heavy atom. The van der Waals surface area contributed by atoms with Crippen LogP contribution in [0.2, 0.25) is 0 Å². The SMILES string of the molecule is CCCCCCCCCC[C@H]1CC[C@H]([C@H]2CC[C@H](CCCCC)CC2)CC1. The minimum absolute atomic E-state index is 1.09. The maximum Gasteiger partial charge on any atom is -0.0386 e. The van der Waals surface area contributed by atoms with Gasteiger partial charge in [-0.15, -0.1) is 0 Å². The van der Waals surface area contributed by atoms with E-state index in [0.29, 0.717) is 0 Å². The van der Waals surface area contributed by atoms with Gasteiger partial charge < -0.3 is 0 Å². The first kappa shape index (κ1) is 23.3. The largest absolute Gasteiger partial charge is 0.0654 e. The normalized spacial score (nSPS) is 29.1. The van der Waals surface area contributed by atoms with E-state index in [1.54, 1.807) is 57.8 Å². The van der Waals surface area contributed by atoms with E-state index >= 15 is 0 Å². The molecular weight excluding hydrogens is 324 g/mol. The highest BCUT2D eigenvalue weighted by Crippen LogP contribution is 2.43. The average Bonchev–Trinajstić information content (AvgIpc) is 2.71. The van der Waals surface area contributed by atoms with Crippen molar-refractivity contribution in [3.63, 3.8) is 0 Å². The van der Waals surface area contributed by atoms with E-state index in [-0.39, 0.29) is 0 Å². The highest BCUT2D eigenvalue weighted by atomic mass is 14.4. The summed E-state index contributed by atoms with van der Waals surface area (Å²) in [5.41, 5.74) is 0. The van der Waals surface area contributed by atoms with Crippen molar-refractivity contribution in [2.45, 2.75) is 149 Å². The predicted molar refractivity (Wildman–Crippen MR) is 122 cm³/mol. The zero-order valence-corrected chi connectivity index (χ0v) is 19.2. The van der Waals surface area contributed by atoms with Gasteiger partial charge in [0.2, 0.25) is 0 Å². The molecule has 0 aromatic heterocycles. The van der Waals surface area contributed by atoms with Crippen molar-refractivity contribution in [2.24, 2.45) is 23.7 Å². The highest BCUT2D eigenvalue weighted by molar-refractivity contribution is 4.82. The number of hydrogen-bond donors (Lipinski definition) is 0. The van der Waals surface area contributed by atoms with Crippen LogP contribution in [0, 0.1) is 23.7 Å². The molecule has 0 heteroatoms. The molecule has 160 valence electrons. The third-order valence-corrected chi connectivity index (χ3v) is 8.13. The molecule has 0 spiro atoms. The molecule has 2 aliphatic carbocycles. The minimum atomic E-state index is 1.09. The first-order chi connectivity index (χ1) is 13.3. The topological polar surface area (TPSA) is 0 Å². The lowest BCUT2D eigenvalue weighted by atomic mass is 9.68. The highest BCUT2D eigenvalue weighted by Gasteiger charge is 2.30. The van der Waals surface area contributed by atoms with Crippen LogP contribution in [0.3, 0.4) is 0 Å². The van der Waals surface area contributed by atoms with E-state index < -0.39 is 0 Å². The molecule has 0 amide bonds. The Bertz CT molecular complexity index is 317. The summed E-state index contributed by atoms with van der Waals surface area (Å²) >= 11 is 0. The summed E-state index contributed by atoms with van der Waals surface area (Å²) in [4.78, 5) is 0. The van der Waals surface area contributed by atoms with E-state index in [4.69, 9.17) is 0 Å². The number of rotatable bonds is 14. The van der Waals surface area contributed by atoms with Crippen molar-refractivity contribution in [3.05, 3.63) is 0 Å². The molecule has 0 aromatic carbocycles. The molecule has 0 nitrogen and oxygen atoms in total. The molecule has 2 rings (SSSR count). The molecule has 27 heavy (non-hydrogen) atoms. The molecule has 0 aliphatic heterocycles. The molecule has 0 heterocycles. The Kier molecular flexibility index (Phi) is 12.9. The van der Waals surface area contributed by atoms with Crippen LogP contribution in [0.5, 0.6) is 0 Å². The zero-order valence-electron chi connectivity index (χ0n) is 19.2. The smallest absolute Gasteiger partial charge is 0.0386 e. The van der Waals surface area contributed by atoms with Gasteiger partial charge >= 0.3 is 0 Å². The summed E-state index contributed by atoms with van der Waals surface area (Å²) in [6, 6.07) is 0. The molecule has 0 bridgehead atoms. The lowest BCUT2D eigenvalue weighted by Gasteiger charge is -2.38. The van der Waals surface area contributed by atoms with Crippen LogP contribution in [0.1, 0.15) is 149 Å². The molecular formula is C27H52. The summed E-state index contributed by atoms with van der Waals surface area (Å²) < 4.78 is 0. The summed E-state index contributed by atoms with van der Waals surface area (Å²) in [6.45, 7) is 4.65. The van der Waals surface area contributed by atoms with Crippen molar-refractivity contribution in [2.75, 3.05) is 0 Å². The van der Waals surface area contributed by atoms with E-state index in [0.717, 1.165) is 23.7 Å². The molecule has 2 aliphatic rings. The molecule has 0 unspecified atom stereocenters.